The Labute approximate surface area is 93.3 Å². The molecule has 1 saturated carbocycles. The minimum Gasteiger partial charge on any atom is -0.306 e. The fourth-order valence-corrected chi connectivity index (χ4v) is 3.35. The SMILES string of the molecule is CN1CCC(C(C#N)C2CCCCC2)C1. The molecule has 0 amide bonds. The van der Waals surface area contributed by atoms with Crippen LogP contribution in [0, 0.1) is 29.1 Å². The summed E-state index contributed by atoms with van der Waals surface area (Å²) >= 11 is 0. The van der Waals surface area contributed by atoms with E-state index in [0.717, 1.165) is 6.54 Å². The van der Waals surface area contributed by atoms with Crippen molar-refractivity contribution >= 4 is 0 Å². The molecule has 1 aliphatic carbocycles. The quantitative estimate of drug-likeness (QED) is 0.694. The number of hydrogen-bond donors (Lipinski definition) is 0. The van der Waals surface area contributed by atoms with E-state index in [9.17, 15) is 5.26 Å². The highest BCUT2D eigenvalue weighted by Crippen LogP contribution is 2.36. The van der Waals surface area contributed by atoms with Gasteiger partial charge in [0, 0.05) is 6.54 Å². The van der Waals surface area contributed by atoms with Gasteiger partial charge in [0.15, 0.2) is 0 Å². The second kappa shape index (κ2) is 4.99. The summed E-state index contributed by atoms with van der Waals surface area (Å²) in [6, 6.07) is 2.61. The zero-order chi connectivity index (χ0) is 10.7. The second-order valence-corrected chi connectivity index (χ2v) is 5.36. The lowest BCUT2D eigenvalue weighted by Crippen LogP contribution is -2.26. The van der Waals surface area contributed by atoms with E-state index in [1.165, 1.54) is 45.1 Å². The zero-order valence-corrected chi connectivity index (χ0v) is 9.78. The molecule has 0 spiro atoms. The highest BCUT2D eigenvalue weighted by molar-refractivity contribution is 4.96. The Morgan fingerprint density at radius 1 is 1.13 bits per heavy atom. The van der Waals surface area contributed by atoms with Gasteiger partial charge in [-0.15, -0.1) is 0 Å². The van der Waals surface area contributed by atoms with Crippen LogP contribution in [0.3, 0.4) is 0 Å². The van der Waals surface area contributed by atoms with Crippen molar-refractivity contribution in [3.05, 3.63) is 0 Å². The van der Waals surface area contributed by atoms with Crippen LogP contribution < -0.4 is 0 Å². The molecule has 15 heavy (non-hydrogen) atoms. The predicted octanol–water partition coefficient (Wildman–Crippen LogP) is 2.66. The zero-order valence-electron chi connectivity index (χ0n) is 9.78. The van der Waals surface area contributed by atoms with Crippen LogP contribution in [-0.2, 0) is 0 Å². The summed E-state index contributed by atoms with van der Waals surface area (Å²) in [6.45, 7) is 2.34. The maximum atomic E-state index is 9.36. The van der Waals surface area contributed by atoms with Gasteiger partial charge in [-0.05, 0) is 44.7 Å². The number of hydrogen-bond acceptors (Lipinski definition) is 2. The van der Waals surface area contributed by atoms with Crippen molar-refractivity contribution < 1.29 is 0 Å². The lowest BCUT2D eigenvalue weighted by Gasteiger charge is -2.29. The molecule has 84 valence electrons. The molecule has 0 aromatic carbocycles. The Morgan fingerprint density at radius 2 is 1.87 bits per heavy atom. The van der Waals surface area contributed by atoms with Crippen LogP contribution in [0.1, 0.15) is 38.5 Å². The van der Waals surface area contributed by atoms with Gasteiger partial charge in [-0.25, -0.2) is 0 Å². The van der Waals surface area contributed by atoms with E-state index < -0.39 is 0 Å². The molecule has 0 bridgehead atoms. The van der Waals surface area contributed by atoms with Crippen LogP contribution in [0.5, 0.6) is 0 Å². The molecular formula is C13H22N2. The average molecular weight is 206 g/mol. The third-order valence-corrected chi connectivity index (χ3v) is 4.24. The van der Waals surface area contributed by atoms with Crippen molar-refractivity contribution in [1.82, 2.24) is 4.90 Å². The van der Waals surface area contributed by atoms with Crippen LogP contribution in [0.25, 0.3) is 0 Å². The summed E-state index contributed by atoms with van der Waals surface area (Å²) in [4.78, 5) is 2.37. The summed E-state index contributed by atoms with van der Waals surface area (Å²) in [7, 11) is 2.18. The molecule has 1 saturated heterocycles. The topological polar surface area (TPSA) is 27.0 Å². The summed E-state index contributed by atoms with van der Waals surface area (Å²) in [5.74, 6) is 1.71. The fraction of sp³-hybridized carbons (Fsp3) is 0.923. The van der Waals surface area contributed by atoms with Crippen molar-refractivity contribution in [3.8, 4) is 6.07 Å². The van der Waals surface area contributed by atoms with Crippen LogP contribution >= 0.6 is 0 Å². The normalized spacial score (nSPS) is 31.3. The Bertz CT molecular complexity index is 233. The molecule has 2 rings (SSSR count). The molecule has 0 aromatic rings. The first-order chi connectivity index (χ1) is 7.31. The van der Waals surface area contributed by atoms with E-state index in [4.69, 9.17) is 0 Å². The Morgan fingerprint density at radius 3 is 2.40 bits per heavy atom. The number of nitrogens with zero attached hydrogens (tertiary/aromatic N) is 2. The maximum Gasteiger partial charge on any atom is 0.0662 e. The van der Waals surface area contributed by atoms with Crippen LogP contribution in [-0.4, -0.2) is 25.0 Å². The Balaban J connectivity index is 1.94. The molecule has 2 unspecified atom stereocenters. The molecule has 0 aromatic heterocycles. The van der Waals surface area contributed by atoms with Gasteiger partial charge in [-0.1, -0.05) is 19.3 Å². The van der Waals surface area contributed by atoms with Crippen molar-refractivity contribution in [2.75, 3.05) is 20.1 Å². The highest BCUT2D eigenvalue weighted by Gasteiger charge is 2.33. The molecule has 2 aliphatic rings. The van der Waals surface area contributed by atoms with Crippen molar-refractivity contribution in [2.24, 2.45) is 17.8 Å². The van der Waals surface area contributed by atoms with E-state index in [1.807, 2.05) is 0 Å². The summed E-state index contributed by atoms with van der Waals surface area (Å²) in [5.41, 5.74) is 0. The van der Waals surface area contributed by atoms with E-state index in [-0.39, 0.29) is 0 Å². The monoisotopic (exact) mass is 206 g/mol. The minimum atomic E-state index is 0.343. The Hall–Kier alpha value is -0.550. The van der Waals surface area contributed by atoms with Crippen LogP contribution in [0.2, 0.25) is 0 Å². The molecule has 0 N–H and O–H groups in total. The summed E-state index contributed by atoms with van der Waals surface area (Å²) in [6.07, 6.45) is 7.94. The maximum absolute atomic E-state index is 9.36. The van der Waals surface area contributed by atoms with Crippen molar-refractivity contribution in [3.63, 3.8) is 0 Å². The number of nitriles is 1. The van der Waals surface area contributed by atoms with Gasteiger partial charge in [0.05, 0.1) is 12.0 Å². The molecule has 2 nitrogen and oxygen atoms in total. The molecule has 2 heteroatoms. The summed E-state index contributed by atoms with van der Waals surface area (Å²) < 4.78 is 0. The van der Waals surface area contributed by atoms with Gasteiger partial charge in [0.25, 0.3) is 0 Å². The molecule has 2 fully saturated rings. The fourth-order valence-electron chi connectivity index (χ4n) is 3.35. The number of rotatable bonds is 2. The molecular weight excluding hydrogens is 184 g/mol. The highest BCUT2D eigenvalue weighted by atomic mass is 15.1. The minimum absolute atomic E-state index is 0.343. The van der Waals surface area contributed by atoms with Crippen molar-refractivity contribution in [1.29, 1.82) is 5.26 Å². The molecule has 1 heterocycles. The molecule has 0 radical (unpaired) electrons. The van der Waals surface area contributed by atoms with E-state index in [1.54, 1.807) is 0 Å². The van der Waals surface area contributed by atoms with Gasteiger partial charge < -0.3 is 4.90 Å². The predicted molar refractivity (Wildman–Crippen MR) is 61.3 cm³/mol. The number of likely N-dealkylation sites (tertiary alicyclic amines) is 1. The standard InChI is InChI=1S/C13H22N2/c1-15-8-7-12(10-15)13(9-14)11-5-3-2-4-6-11/h11-13H,2-8,10H2,1H3. The first kappa shape index (κ1) is 11.0. The van der Waals surface area contributed by atoms with E-state index in [2.05, 4.69) is 18.0 Å². The third-order valence-electron chi connectivity index (χ3n) is 4.24. The first-order valence-corrected chi connectivity index (χ1v) is 6.39. The van der Waals surface area contributed by atoms with Gasteiger partial charge >= 0.3 is 0 Å². The van der Waals surface area contributed by atoms with Gasteiger partial charge in [-0.2, -0.15) is 5.26 Å². The second-order valence-electron chi connectivity index (χ2n) is 5.36. The smallest absolute Gasteiger partial charge is 0.0662 e. The summed E-state index contributed by atoms with van der Waals surface area (Å²) in [5, 5.41) is 9.36. The first-order valence-electron chi connectivity index (χ1n) is 6.39. The lowest BCUT2D eigenvalue weighted by molar-refractivity contribution is 0.225. The average Bonchev–Trinajstić information content (AvgIpc) is 2.68. The third kappa shape index (κ3) is 2.52. The van der Waals surface area contributed by atoms with Gasteiger partial charge in [-0.3, -0.25) is 0 Å². The lowest BCUT2D eigenvalue weighted by atomic mass is 9.74. The largest absolute Gasteiger partial charge is 0.306 e. The van der Waals surface area contributed by atoms with Crippen molar-refractivity contribution in [2.45, 2.75) is 38.5 Å². The van der Waals surface area contributed by atoms with Crippen LogP contribution in [0.4, 0.5) is 0 Å². The van der Waals surface area contributed by atoms with Crippen LogP contribution in [0.15, 0.2) is 0 Å². The van der Waals surface area contributed by atoms with Gasteiger partial charge in [0.2, 0.25) is 0 Å². The van der Waals surface area contributed by atoms with E-state index in [0.29, 0.717) is 17.8 Å². The Kier molecular flexibility index (Phi) is 3.64. The van der Waals surface area contributed by atoms with E-state index >= 15 is 0 Å². The molecule has 2 atom stereocenters. The van der Waals surface area contributed by atoms with Gasteiger partial charge in [0.1, 0.15) is 0 Å². The molecule has 1 aliphatic heterocycles.